The fraction of sp³-hybridized carbons (Fsp3) is 0.444. The van der Waals surface area contributed by atoms with Crippen LogP contribution in [0.2, 0.25) is 0 Å². The first-order valence-electron chi connectivity index (χ1n) is 16.0. The number of rotatable bonds is 8. The molecule has 0 saturated heterocycles. The predicted octanol–water partition coefficient (Wildman–Crippen LogP) is 4.83. The third-order valence-electron chi connectivity index (χ3n) is 8.33. The first-order chi connectivity index (χ1) is 22.2. The van der Waals surface area contributed by atoms with Gasteiger partial charge in [-0.1, -0.05) is 37.3 Å². The molecule has 0 bridgehead atoms. The van der Waals surface area contributed by atoms with E-state index in [-0.39, 0.29) is 54.6 Å². The third-order valence-corrected chi connectivity index (χ3v) is 8.33. The summed E-state index contributed by atoms with van der Waals surface area (Å²) in [4.78, 5) is 47.6. The van der Waals surface area contributed by atoms with E-state index in [0.717, 1.165) is 24.8 Å². The molecule has 10 nitrogen and oxygen atoms in total. The summed E-state index contributed by atoms with van der Waals surface area (Å²) in [5.74, 6) is -0.437. The molecule has 2 aromatic carbocycles. The number of benzene rings is 2. The second kappa shape index (κ2) is 16.9. The number of hydrogen-bond donors (Lipinski definition) is 2. The fourth-order valence-corrected chi connectivity index (χ4v) is 5.45. The normalized spacial score (nSPS) is 20.1. The molecule has 3 amide bonds. The molecule has 2 N–H and O–H groups in total. The zero-order valence-electron chi connectivity index (χ0n) is 27.2. The number of ether oxygens (including phenoxy) is 2. The third kappa shape index (κ3) is 9.61. The zero-order chi connectivity index (χ0) is 33.1. The molecular weight excluding hydrogens is 584 g/mol. The standard InChI is InChI=1S/C36H46N4O6/c1-25-22-40(26(2)24-41)36(44)31-21-30(38-35(43)29-15-17-37-18-16-29)13-14-32(31)46-27(3)10-8-9-19-45-33(25)23-39(4)34(42)20-28-11-6-5-7-12-28/h5-7,11-18,21,25-27,33,41H,8-10,19-20,22-24H2,1-4H3,(H,38,43)/t25-,26+,27+,33+/m0/s1. The van der Waals surface area contributed by atoms with E-state index in [9.17, 15) is 19.5 Å². The van der Waals surface area contributed by atoms with Crippen molar-refractivity contribution in [1.82, 2.24) is 14.8 Å². The Morgan fingerprint density at radius 3 is 2.54 bits per heavy atom. The molecule has 2 heterocycles. The van der Waals surface area contributed by atoms with Crippen LogP contribution in [0.1, 0.15) is 66.3 Å². The van der Waals surface area contributed by atoms with Crippen molar-refractivity contribution in [2.24, 2.45) is 5.92 Å². The maximum absolute atomic E-state index is 14.3. The molecule has 4 rings (SSSR count). The molecule has 246 valence electrons. The van der Waals surface area contributed by atoms with E-state index in [1.165, 1.54) is 0 Å². The zero-order valence-corrected chi connectivity index (χ0v) is 27.2. The van der Waals surface area contributed by atoms with Crippen LogP contribution in [0.5, 0.6) is 5.75 Å². The molecule has 1 aliphatic heterocycles. The van der Waals surface area contributed by atoms with Crippen molar-refractivity contribution in [3.63, 3.8) is 0 Å². The van der Waals surface area contributed by atoms with Crippen LogP contribution in [-0.4, -0.2) is 89.2 Å². The van der Waals surface area contributed by atoms with Crippen LogP contribution in [0.25, 0.3) is 0 Å². The Balaban J connectivity index is 1.60. The summed E-state index contributed by atoms with van der Waals surface area (Å²) in [6, 6.07) is 17.4. The van der Waals surface area contributed by atoms with Gasteiger partial charge in [0.1, 0.15) is 5.75 Å². The van der Waals surface area contributed by atoms with Crippen molar-refractivity contribution < 1.29 is 29.0 Å². The molecule has 0 aliphatic carbocycles. The van der Waals surface area contributed by atoms with Gasteiger partial charge in [-0.15, -0.1) is 0 Å². The van der Waals surface area contributed by atoms with Gasteiger partial charge in [0.25, 0.3) is 11.8 Å². The minimum absolute atomic E-state index is 0.0145. The van der Waals surface area contributed by atoms with Crippen molar-refractivity contribution >= 4 is 23.4 Å². The highest BCUT2D eigenvalue weighted by Gasteiger charge is 2.31. The highest BCUT2D eigenvalue weighted by molar-refractivity contribution is 6.05. The number of fused-ring (bicyclic) bond motifs is 1. The van der Waals surface area contributed by atoms with Gasteiger partial charge in [-0.3, -0.25) is 19.4 Å². The molecular formula is C36H46N4O6. The Labute approximate surface area is 271 Å². The molecule has 1 aromatic heterocycles. The van der Waals surface area contributed by atoms with Crippen molar-refractivity contribution in [2.45, 2.75) is 64.7 Å². The Kier molecular flexibility index (Phi) is 12.7. The van der Waals surface area contributed by atoms with E-state index < -0.39 is 6.04 Å². The topological polar surface area (TPSA) is 121 Å². The van der Waals surface area contributed by atoms with E-state index in [1.807, 2.05) is 44.2 Å². The molecule has 0 spiro atoms. The minimum atomic E-state index is -0.513. The van der Waals surface area contributed by atoms with Gasteiger partial charge in [0, 0.05) is 56.3 Å². The molecule has 1 aliphatic rings. The molecule has 4 atom stereocenters. The fourth-order valence-electron chi connectivity index (χ4n) is 5.45. The number of nitrogens with zero attached hydrogens (tertiary/aromatic N) is 3. The van der Waals surface area contributed by atoms with Crippen molar-refractivity contribution in [2.75, 3.05) is 38.7 Å². The van der Waals surface area contributed by atoms with E-state index in [4.69, 9.17) is 9.47 Å². The maximum atomic E-state index is 14.3. The largest absolute Gasteiger partial charge is 0.490 e. The molecule has 3 aromatic rings. The summed E-state index contributed by atoms with van der Waals surface area (Å²) in [5.41, 5.74) is 2.11. The highest BCUT2D eigenvalue weighted by atomic mass is 16.5. The first-order valence-corrected chi connectivity index (χ1v) is 16.0. The van der Waals surface area contributed by atoms with Gasteiger partial charge in [0.05, 0.1) is 36.8 Å². The lowest BCUT2D eigenvalue weighted by Crippen LogP contribution is -2.48. The van der Waals surface area contributed by atoms with E-state index in [1.54, 1.807) is 66.5 Å². The number of nitrogens with one attached hydrogen (secondary N) is 1. The average molecular weight is 631 g/mol. The number of pyridine rings is 1. The number of likely N-dealkylation sites (N-methyl/N-ethyl adjacent to an activating group) is 1. The number of aliphatic hydroxyl groups is 1. The SMILES string of the molecule is C[C@@H]1CCCCO[C@H](CN(C)C(=O)Cc2ccccc2)[C@@H](C)CN([C@H](C)CO)C(=O)c2cc(NC(=O)c3ccncc3)ccc2O1. The van der Waals surface area contributed by atoms with Crippen LogP contribution in [0, 0.1) is 5.92 Å². The van der Waals surface area contributed by atoms with Gasteiger partial charge in [-0.25, -0.2) is 0 Å². The lowest BCUT2D eigenvalue weighted by atomic mass is 10.0. The number of amides is 3. The summed E-state index contributed by atoms with van der Waals surface area (Å²) in [6.07, 6.45) is 5.30. The van der Waals surface area contributed by atoms with Crippen LogP contribution in [0.15, 0.2) is 73.1 Å². The lowest BCUT2D eigenvalue weighted by molar-refractivity contribution is -0.131. The van der Waals surface area contributed by atoms with Crippen LogP contribution in [-0.2, 0) is 16.0 Å². The summed E-state index contributed by atoms with van der Waals surface area (Å²) in [5, 5.41) is 13.1. The van der Waals surface area contributed by atoms with Crippen LogP contribution in [0.3, 0.4) is 0 Å². The lowest BCUT2D eigenvalue weighted by Gasteiger charge is -2.36. The second-order valence-corrected chi connectivity index (χ2v) is 12.1. The number of aliphatic hydroxyl groups excluding tert-OH is 1. The van der Waals surface area contributed by atoms with Crippen LogP contribution < -0.4 is 10.1 Å². The van der Waals surface area contributed by atoms with Gasteiger partial charge < -0.3 is 29.7 Å². The van der Waals surface area contributed by atoms with E-state index in [2.05, 4.69) is 10.3 Å². The first kappa shape index (κ1) is 34.6. The van der Waals surface area contributed by atoms with Gasteiger partial charge in [-0.05, 0) is 69.0 Å². The summed E-state index contributed by atoms with van der Waals surface area (Å²) >= 11 is 0. The monoisotopic (exact) mass is 630 g/mol. The smallest absolute Gasteiger partial charge is 0.258 e. The molecule has 0 unspecified atom stereocenters. The number of carbonyl (C=O) groups is 3. The predicted molar refractivity (Wildman–Crippen MR) is 177 cm³/mol. The molecule has 0 saturated carbocycles. The van der Waals surface area contributed by atoms with Crippen LogP contribution >= 0.6 is 0 Å². The van der Waals surface area contributed by atoms with E-state index in [0.29, 0.717) is 36.6 Å². The van der Waals surface area contributed by atoms with Gasteiger partial charge in [-0.2, -0.15) is 0 Å². The van der Waals surface area contributed by atoms with Crippen molar-refractivity contribution in [3.8, 4) is 5.75 Å². The number of carbonyl (C=O) groups excluding carboxylic acids is 3. The average Bonchev–Trinajstić information content (AvgIpc) is 3.06. The number of hydrogen-bond acceptors (Lipinski definition) is 7. The molecule has 0 fully saturated rings. The van der Waals surface area contributed by atoms with Crippen molar-refractivity contribution in [3.05, 3.63) is 89.7 Å². The summed E-state index contributed by atoms with van der Waals surface area (Å²) in [6.45, 7) is 6.66. The molecule has 46 heavy (non-hydrogen) atoms. The summed E-state index contributed by atoms with van der Waals surface area (Å²) in [7, 11) is 1.78. The Hall–Kier alpha value is -4.28. The van der Waals surface area contributed by atoms with Gasteiger partial charge in [0.2, 0.25) is 5.91 Å². The number of aromatic nitrogens is 1. The minimum Gasteiger partial charge on any atom is -0.490 e. The summed E-state index contributed by atoms with van der Waals surface area (Å²) < 4.78 is 12.7. The second-order valence-electron chi connectivity index (χ2n) is 12.1. The quantitative estimate of drug-likeness (QED) is 0.366. The Morgan fingerprint density at radius 2 is 1.83 bits per heavy atom. The van der Waals surface area contributed by atoms with Gasteiger partial charge >= 0.3 is 0 Å². The van der Waals surface area contributed by atoms with E-state index >= 15 is 0 Å². The molecule has 0 radical (unpaired) electrons. The number of anilines is 1. The van der Waals surface area contributed by atoms with Gasteiger partial charge in [0.15, 0.2) is 0 Å². The highest BCUT2D eigenvalue weighted by Crippen LogP contribution is 2.29. The maximum Gasteiger partial charge on any atom is 0.258 e. The molecule has 10 heteroatoms. The van der Waals surface area contributed by atoms with Crippen molar-refractivity contribution in [1.29, 1.82) is 0 Å². The van der Waals surface area contributed by atoms with Crippen LogP contribution in [0.4, 0.5) is 5.69 Å². The Bertz CT molecular complexity index is 1440. The Morgan fingerprint density at radius 1 is 1.09 bits per heavy atom.